The number of ether oxygens (including phenoxy) is 1. The van der Waals surface area contributed by atoms with Crippen LogP contribution in [-0.2, 0) is 4.74 Å². The summed E-state index contributed by atoms with van der Waals surface area (Å²) < 4.78 is 6.90. The Balaban J connectivity index is 2.09. The van der Waals surface area contributed by atoms with Gasteiger partial charge in [-0.2, -0.15) is 11.3 Å². The van der Waals surface area contributed by atoms with Crippen molar-refractivity contribution >= 4 is 27.3 Å². The van der Waals surface area contributed by atoms with Gasteiger partial charge in [0.2, 0.25) is 0 Å². The van der Waals surface area contributed by atoms with E-state index in [2.05, 4.69) is 32.0 Å². The van der Waals surface area contributed by atoms with Crippen LogP contribution >= 0.6 is 27.3 Å². The molecular formula is C12H18BrNOS. The van der Waals surface area contributed by atoms with Crippen molar-refractivity contribution in [2.75, 3.05) is 14.2 Å². The molecule has 1 aliphatic carbocycles. The molecule has 4 heteroatoms. The summed E-state index contributed by atoms with van der Waals surface area (Å²) in [7, 11) is 3.87. The molecule has 1 aliphatic rings. The molecule has 1 atom stereocenters. The molecule has 16 heavy (non-hydrogen) atoms. The zero-order valence-electron chi connectivity index (χ0n) is 9.75. The molecule has 0 aromatic carbocycles. The lowest BCUT2D eigenvalue weighted by atomic mass is 9.75. The Kier molecular flexibility index (Phi) is 4.06. The van der Waals surface area contributed by atoms with Gasteiger partial charge >= 0.3 is 0 Å². The fraction of sp³-hybridized carbons (Fsp3) is 0.667. The second kappa shape index (κ2) is 5.17. The molecule has 0 spiro atoms. The molecule has 0 bridgehead atoms. The van der Waals surface area contributed by atoms with Crippen molar-refractivity contribution in [1.29, 1.82) is 0 Å². The largest absolute Gasteiger partial charge is 0.378 e. The van der Waals surface area contributed by atoms with Crippen LogP contribution in [0.1, 0.15) is 37.3 Å². The minimum atomic E-state index is 0.120. The number of nitrogens with one attached hydrogen (secondary N) is 1. The van der Waals surface area contributed by atoms with Crippen molar-refractivity contribution in [3.05, 3.63) is 20.8 Å². The van der Waals surface area contributed by atoms with Crippen molar-refractivity contribution in [3.8, 4) is 0 Å². The first kappa shape index (κ1) is 12.6. The molecule has 1 N–H and O–H groups in total. The average Bonchev–Trinajstić information content (AvgIpc) is 2.65. The molecule has 0 radical (unpaired) electrons. The fourth-order valence-electron chi connectivity index (χ4n) is 2.34. The Bertz CT molecular complexity index is 343. The molecule has 1 aromatic heterocycles. The molecule has 90 valence electrons. The van der Waals surface area contributed by atoms with Crippen molar-refractivity contribution in [1.82, 2.24) is 5.32 Å². The summed E-state index contributed by atoms with van der Waals surface area (Å²) in [5, 5.41) is 7.75. The van der Waals surface area contributed by atoms with Crippen LogP contribution in [0.15, 0.2) is 15.2 Å². The lowest BCUT2D eigenvalue weighted by Crippen LogP contribution is -2.42. The van der Waals surface area contributed by atoms with Crippen LogP contribution < -0.4 is 5.32 Å². The number of methoxy groups -OCH3 is 1. The minimum absolute atomic E-state index is 0.120. The van der Waals surface area contributed by atoms with Crippen LogP contribution in [-0.4, -0.2) is 19.8 Å². The average molecular weight is 304 g/mol. The number of halogens is 1. The number of hydrogen-bond donors (Lipinski definition) is 1. The van der Waals surface area contributed by atoms with E-state index in [1.807, 2.05) is 14.2 Å². The highest BCUT2D eigenvalue weighted by atomic mass is 79.9. The van der Waals surface area contributed by atoms with Gasteiger partial charge in [0.15, 0.2) is 0 Å². The summed E-state index contributed by atoms with van der Waals surface area (Å²) in [5.74, 6) is 0. The zero-order chi connectivity index (χ0) is 11.6. The van der Waals surface area contributed by atoms with Gasteiger partial charge in [-0.05, 0) is 59.6 Å². The van der Waals surface area contributed by atoms with E-state index in [1.165, 1.54) is 29.3 Å². The van der Waals surface area contributed by atoms with Crippen LogP contribution in [0, 0.1) is 0 Å². The monoisotopic (exact) mass is 303 g/mol. The normalized spacial score (nSPS) is 20.4. The van der Waals surface area contributed by atoms with Gasteiger partial charge in [0.25, 0.3) is 0 Å². The molecule has 1 unspecified atom stereocenters. The quantitative estimate of drug-likeness (QED) is 0.895. The highest BCUT2D eigenvalue weighted by Gasteiger charge is 2.39. The summed E-state index contributed by atoms with van der Waals surface area (Å²) in [6.45, 7) is 0. The standard InChI is InChI=1S/C12H18BrNOS/c1-14-11(9-7-16-8-10(9)13)6-12(15-2)4-3-5-12/h7-8,11,14H,3-6H2,1-2H3. The predicted molar refractivity (Wildman–Crippen MR) is 72.0 cm³/mol. The maximum atomic E-state index is 5.69. The van der Waals surface area contributed by atoms with Gasteiger partial charge in [-0.15, -0.1) is 0 Å². The summed E-state index contributed by atoms with van der Waals surface area (Å²) in [6, 6.07) is 0.390. The van der Waals surface area contributed by atoms with E-state index >= 15 is 0 Å². The van der Waals surface area contributed by atoms with Gasteiger partial charge in [0.05, 0.1) is 5.60 Å². The van der Waals surface area contributed by atoms with E-state index in [0.29, 0.717) is 6.04 Å². The molecule has 1 heterocycles. The first-order valence-corrected chi connectivity index (χ1v) is 7.38. The van der Waals surface area contributed by atoms with Gasteiger partial charge < -0.3 is 10.1 Å². The predicted octanol–water partition coefficient (Wildman–Crippen LogP) is 3.73. The van der Waals surface area contributed by atoms with E-state index in [9.17, 15) is 0 Å². The number of rotatable bonds is 5. The lowest BCUT2D eigenvalue weighted by Gasteiger charge is -2.42. The van der Waals surface area contributed by atoms with Crippen molar-refractivity contribution < 1.29 is 4.74 Å². The van der Waals surface area contributed by atoms with Crippen molar-refractivity contribution in [3.63, 3.8) is 0 Å². The molecule has 2 nitrogen and oxygen atoms in total. The Morgan fingerprint density at radius 1 is 1.56 bits per heavy atom. The molecule has 0 amide bonds. The van der Waals surface area contributed by atoms with Gasteiger partial charge in [0, 0.05) is 23.0 Å². The Labute approximate surface area is 110 Å². The van der Waals surface area contributed by atoms with Crippen LogP contribution in [0.5, 0.6) is 0 Å². The van der Waals surface area contributed by atoms with Gasteiger partial charge in [-0.1, -0.05) is 0 Å². The third-order valence-corrected chi connectivity index (χ3v) is 5.39. The van der Waals surface area contributed by atoms with Crippen molar-refractivity contribution in [2.45, 2.75) is 37.3 Å². The van der Waals surface area contributed by atoms with Crippen LogP contribution in [0.3, 0.4) is 0 Å². The smallest absolute Gasteiger partial charge is 0.0697 e. The highest BCUT2D eigenvalue weighted by molar-refractivity contribution is 9.10. The summed E-state index contributed by atoms with van der Waals surface area (Å²) in [5.41, 5.74) is 1.48. The molecule has 0 aliphatic heterocycles. The fourth-order valence-corrected chi connectivity index (χ4v) is 3.97. The Hall–Kier alpha value is 0.100. The zero-order valence-corrected chi connectivity index (χ0v) is 12.2. The lowest BCUT2D eigenvalue weighted by molar-refractivity contribution is -0.0834. The van der Waals surface area contributed by atoms with Gasteiger partial charge in [-0.25, -0.2) is 0 Å². The molecule has 1 fully saturated rings. The SMILES string of the molecule is CNC(CC1(OC)CCC1)c1cscc1Br. The Morgan fingerprint density at radius 2 is 2.31 bits per heavy atom. The second-order valence-corrected chi connectivity index (χ2v) is 6.06. The third kappa shape index (κ3) is 2.35. The number of hydrogen-bond acceptors (Lipinski definition) is 3. The first-order chi connectivity index (χ1) is 7.71. The molecule has 1 aromatic rings. The topological polar surface area (TPSA) is 21.3 Å². The van der Waals surface area contributed by atoms with E-state index in [0.717, 1.165) is 6.42 Å². The minimum Gasteiger partial charge on any atom is -0.378 e. The van der Waals surface area contributed by atoms with E-state index in [4.69, 9.17) is 4.74 Å². The molecular weight excluding hydrogens is 286 g/mol. The van der Waals surface area contributed by atoms with E-state index in [1.54, 1.807) is 11.3 Å². The van der Waals surface area contributed by atoms with Crippen LogP contribution in [0.25, 0.3) is 0 Å². The Morgan fingerprint density at radius 3 is 2.69 bits per heavy atom. The molecule has 1 saturated carbocycles. The summed E-state index contributed by atoms with van der Waals surface area (Å²) >= 11 is 5.35. The van der Waals surface area contributed by atoms with Gasteiger partial charge in [0.1, 0.15) is 0 Å². The number of thiophene rings is 1. The second-order valence-electron chi connectivity index (χ2n) is 4.46. The van der Waals surface area contributed by atoms with Crippen molar-refractivity contribution in [2.24, 2.45) is 0 Å². The van der Waals surface area contributed by atoms with E-state index in [-0.39, 0.29) is 5.60 Å². The first-order valence-electron chi connectivity index (χ1n) is 5.65. The van der Waals surface area contributed by atoms with Gasteiger partial charge in [-0.3, -0.25) is 0 Å². The van der Waals surface area contributed by atoms with Crippen LogP contribution in [0.4, 0.5) is 0 Å². The van der Waals surface area contributed by atoms with Crippen LogP contribution in [0.2, 0.25) is 0 Å². The third-order valence-electron chi connectivity index (χ3n) is 3.64. The summed E-state index contributed by atoms with van der Waals surface area (Å²) in [6.07, 6.45) is 4.76. The van der Waals surface area contributed by atoms with E-state index < -0.39 is 0 Å². The molecule has 0 saturated heterocycles. The highest BCUT2D eigenvalue weighted by Crippen LogP contribution is 2.43. The molecule has 2 rings (SSSR count). The summed E-state index contributed by atoms with van der Waals surface area (Å²) in [4.78, 5) is 0. The maximum absolute atomic E-state index is 5.69. The maximum Gasteiger partial charge on any atom is 0.0697 e.